The van der Waals surface area contributed by atoms with Crippen LogP contribution in [-0.4, -0.2) is 18.5 Å². The molecule has 1 aliphatic rings. The largest absolute Gasteiger partial charge is 0.0968 e. The fourth-order valence-corrected chi connectivity index (χ4v) is 3.95. The smallest absolute Gasteiger partial charge is 0.00630 e. The van der Waals surface area contributed by atoms with E-state index in [4.69, 9.17) is 11.8 Å². The molecule has 0 N–H and O–H groups in total. The third-order valence-corrected chi connectivity index (χ3v) is 6.75. The summed E-state index contributed by atoms with van der Waals surface area (Å²) in [7, 11) is 0. The molecular formula is C8H15PS. The molecular weight excluding hydrogens is 159 g/mol. The average Bonchev–Trinajstić information content (AvgIpc) is 2.10. The molecule has 0 saturated heterocycles. The minimum absolute atomic E-state index is 0.729. The third kappa shape index (κ3) is 1.35. The fraction of sp³-hybridized carbons (Fsp3) is 0.750. The number of hydrogen-bond donors (Lipinski definition) is 0. The van der Waals surface area contributed by atoms with Gasteiger partial charge in [-0.25, -0.2) is 0 Å². The van der Waals surface area contributed by atoms with Crippen molar-refractivity contribution in [3.63, 3.8) is 0 Å². The zero-order valence-electron chi connectivity index (χ0n) is 6.92. The molecule has 0 spiro atoms. The molecule has 0 amide bonds. The Morgan fingerprint density at radius 2 is 2.40 bits per heavy atom. The predicted molar refractivity (Wildman–Crippen MR) is 52.9 cm³/mol. The highest BCUT2D eigenvalue weighted by Crippen LogP contribution is 2.54. The number of allylic oxidation sites excluding steroid dienone is 2. The summed E-state index contributed by atoms with van der Waals surface area (Å²) in [6.07, 6.45) is 4.77. The standard InChI is InChI=1S/C8H15PS/c1-4-8-5-6-9(3,10)7(8)2/h5,7H,4,6H2,1-3H3. The van der Waals surface area contributed by atoms with E-state index in [-0.39, 0.29) is 0 Å². The van der Waals surface area contributed by atoms with E-state index in [1.54, 1.807) is 5.57 Å². The van der Waals surface area contributed by atoms with E-state index < -0.39 is 6.04 Å². The molecule has 0 aliphatic carbocycles. The van der Waals surface area contributed by atoms with Gasteiger partial charge in [0, 0.05) is 5.66 Å². The summed E-state index contributed by atoms with van der Waals surface area (Å²) in [5.74, 6) is 0. The molecule has 2 heteroatoms. The molecule has 2 atom stereocenters. The van der Waals surface area contributed by atoms with Crippen molar-refractivity contribution in [3.05, 3.63) is 11.6 Å². The van der Waals surface area contributed by atoms with E-state index in [9.17, 15) is 0 Å². The summed E-state index contributed by atoms with van der Waals surface area (Å²) >= 11 is 5.53. The Morgan fingerprint density at radius 1 is 1.80 bits per heavy atom. The summed E-state index contributed by atoms with van der Waals surface area (Å²) in [4.78, 5) is 0. The van der Waals surface area contributed by atoms with Gasteiger partial charge in [-0.2, -0.15) is 0 Å². The zero-order valence-corrected chi connectivity index (χ0v) is 8.64. The van der Waals surface area contributed by atoms with Crippen molar-refractivity contribution in [2.24, 2.45) is 0 Å². The highest BCUT2D eigenvalue weighted by Gasteiger charge is 2.26. The van der Waals surface area contributed by atoms with Crippen LogP contribution in [0.3, 0.4) is 0 Å². The Balaban J connectivity index is 2.79. The molecule has 1 rings (SSSR count). The second kappa shape index (κ2) is 2.79. The lowest BCUT2D eigenvalue weighted by molar-refractivity contribution is 0.996. The van der Waals surface area contributed by atoms with Crippen LogP contribution in [0.25, 0.3) is 0 Å². The quantitative estimate of drug-likeness (QED) is 0.435. The lowest BCUT2D eigenvalue weighted by atomic mass is 10.1. The van der Waals surface area contributed by atoms with Gasteiger partial charge in [-0.1, -0.05) is 37.3 Å². The molecule has 58 valence electrons. The van der Waals surface area contributed by atoms with E-state index in [2.05, 4.69) is 26.6 Å². The minimum atomic E-state index is -0.966. The first kappa shape index (κ1) is 8.49. The molecule has 0 bridgehead atoms. The van der Waals surface area contributed by atoms with E-state index in [1.165, 1.54) is 12.6 Å². The summed E-state index contributed by atoms with van der Waals surface area (Å²) in [5, 5.41) is 0. The first-order chi connectivity index (χ1) is 4.58. The van der Waals surface area contributed by atoms with Crippen LogP contribution in [0.15, 0.2) is 11.6 Å². The lowest BCUT2D eigenvalue weighted by Crippen LogP contribution is -1.99. The second-order valence-corrected chi connectivity index (χ2v) is 9.16. The van der Waals surface area contributed by atoms with E-state index in [0.717, 1.165) is 5.66 Å². The Labute approximate surface area is 68.7 Å². The molecule has 10 heavy (non-hydrogen) atoms. The van der Waals surface area contributed by atoms with Crippen molar-refractivity contribution >= 4 is 17.8 Å². The SMILES string of the molecule is CCC1=CCP(C)(=S)C1C. The van der Waals surface area contributed by atoms with Gasteiger partial charge in [0.2, 0.25) is 0 Å². The highest BCUT2D eigenvalue weighted by atomic mass is 32.4. The Kier molecular flexibility index (Phi) is 2.37. The van der Waals surface area contributed by atoms with Gasteiger partial charge >= 0.3 is 0 Å². The fourth-order valence-electron chi connectivity index (χ4n) is 1.42. The van der Waals surface area contributed by atoms with Crippen molar-refractivity contribution in [3.8, 4) is 0 Å². The third-order valence-electron chi connectivity index (χ3n) is 2.48. The van der Waals surface area contributed by atoms with E-state index in [0.29, 0.717) is 0 Å². The molecule has 2 unspecified atom stereocenters. The van der Waals surface area contributed by atoms with Crippen molar-refractivity contribution in [1.29, 1.82) is 0 Å². The molecule has 0 aromatic heterocycles. The van der Waals surface area contributed by atoms with Crippen LogP contribution in [0, 0.1) is 0 Å². The van der Waals surface area contributed by atoms with E-state index in [1.807, 2.05) is 0 Å². The summed E-state index contributed by atoms with van der Waals surface area (Å²) in [6, 6.07) is -0.966. The topological polar surface area (TPSA) is 0 Å². The Bertz CT molecular complexity index is 205. The van der Waals surface area contributed by atoms with Gasteiger partial charge in [-0.15, -0.1) is 0 Å². The summed E-state index contributed by atoms with van der Waals surface area (Å²) in [6.45, 7) is 6.80. The Hall–Kier alpha value is 0.390. The second-order valence-electron chi connectivity index (χ2n) is 3.17. The zero-order chi connectivity index (χ0) is 7.78. The van der Waals surface area contributed by atoms with Gasteiger partial charge in [0.1, 0.15) is 0 Å². The molecule has 0 nitrogen and oxygen atoms in total. The van der Waals surface area contributed by atoms with Crippen molar-refractivity contribution in [1.82, 2.24) is 0 Å². The molecule has 0 radical (unpaired) electrons. The van der Waals surface area contributed by atoms with Crippen LogP contribution >= 0.6 is 6.04 Å². The normalized spacial score (nSPS) is 39.9. The number of hydrogen-bond acceptors (Lipinski definition) is 1. The summed E-state index contributed by atoms with van der Waals surface area (Å²) in [5.41, 5.74) is 2.33. The summed E-state index contributed by atoms with van der Waals surface area (Å²) < 4.78 is 0. The van der Waals surface area contributed by atoms with Gasteiger partial charge < -0.3 is 0 Å². The van der Waals surface area contributed by atoms with Gasteiger partial charge in [-0.05, 0) is 25.3 Å². The highest BCUT2D eigenvalue weighted by molar-refractivity contribution is 8.14. The molecule has 1 heterocycles. The van der Waals surface area contributed by atoms with Gasteiger partial charge in [0.15, 0.2) is 0 Å². The molecule has 0 saturated carbocycles. The monoisotopic (exact) mass is 174 g/mol. The van der Waals surface area contributed by atoms with Gasteiger partial charge in [0.25, 0.3) is 0 Å². The van der Waals surface area contributed by atoms with Crippen LogP contribution in [0.5, 0.6) is 0 Å². The maximum atomic E-state index is 5.53. The molecule has 0 aromatic carbocycles. The number of rotatable bonds is 1. The van der Waals surface area contributed by atoms with Gasteiger partial charge in [0.05, 0.1) is 0 Å². The van der Waals surface area contributed by atoms with Crippen LogP contribution in [0.1, 0.15) is 20.3 Å². The van der Waals surface area contributed by atoms with Crippen LogP contribution in [0.2, 0.25) is 0 Å². The first-order valence-electron chi connectivity index (χ1n) is 3.83. The molecule has 1 aliphatic heterocycles. The Morgan fingerprint density at radius 3 is 2.60 bits per heavy atom. The van der Waals surface area contributed by atoms with Gasteiger partial charge in [-0.3, -0.25) is 0 Å². The van der Waals surface area contributed by atoms with Crippen molar-refractivity contribution < 1.29 is 0 Å². The van der Waals surface area contributed by atoms with E-state index >= 15 is 0 Å². The van der Waals surface area contributed by atoms with Crippen molar-refractivity contribution in [2.45, 2.75) is 25.9 Å². The van der Waals surface area contributed by atoms with Crippen LogP contribution < -0.4 is 0 Å². The first-order valence-corrected chi connectivity index (χ1v) is 7.33. The maximum absolute atomic E-state index is 5.53. The minimum Gasteiger partial charge on any atom is -0.0968 e. The molecule has 0 fully saturated rings. The average molecular weight is 174 g/mol. The van der Waals surface area contributed by atoms with Crippen LogP contribution in [0.4, 0.5) is 0 Å². The predicted octanol–water partition coefficient (Wildman–Crippen LogP) is 2.83. The molecule has 0 aromatic rings. The van der Waals surface area contributed by atoms with Crippen molar-refractivity contribution in [2.75, 3.05) is 12.8 Å². The van der Waals surface area contributed by atoms with Crippen LogP contribution in [-0.2, 0) is 11.8 Å². The maximum Gasteiger partial charge on any atom is 0.00630 e. The lowest BCUT2D eigenvalue weighted by Gasteiger charge is -2.17.